The van der Waals surface area contributed by atoms with Crippen LogP contribution in [-0.4, -0.2) is 24.2 Å². The molecule has 0 spiro atoms. The molecule has 25 heavy (non-hydrogen) atoms. The van der Waals surface area contributed by atoms with E-state index in [0.717, 1.165) is 49.1 Å². The van der Waals surface area contributed by atoms with Crippen molar-refractivity contribution in [3.8, 4) is 5.75 Å². The zero-order valence-corrected chi connectivity index (χ0v) is 16.8. The van der Waals surface area contributed by atoms with Gasteiger partial charge in [-0.05, 0) is 63.8 Å². The quantitative estimate of drug-likeness (QED) is 0.575. The van der Waals surface area contributed by atoms with Crippen molar-refractivity contribution < 1.29 is 14.3 Å². The smallest absolute Gasteiger partial charge is 0.256 e. The molecule has 1 aromatic carbocycles. The second-order valence-electron chi connectivity index (χ2n) is 6.95. The normalized spacial score (nSPS) is 14.6. The number of carbonyl (C=O) groups is 1. The summed E-state index contributed by atoms with van der Waals surface area (Å²) in [5.74, 6) is 0.785. The standard InChI is InChI=1S/C21H35NO3/c1-7-10-13-21(6,24-14-8-2)20(23)22-18-11-12-19(16(4)15-18)25-17(5)9-3/h11-12,15,17H,7-10,13-14H2,1-6H3,(H,22,23)/t17-,21-/m1/s1. The first-order valence-electron chi connectivity index (χ1n) is 9.59. The van der Waals surface area contributed by atoms with Gasteiger partial charge in [-0.25, -0.2) is 0 Å². The van der Waals surface area contributed by atoms with E-state index in [-0.39, 0.29) is 12.0 Å². The third-order valence-electron chi connectivity index (χ3n) is 4.45. The molecule has 4 heteroatoms. The minimum atomic E-state index is -0.786. The van der Waals surface area contributed by atoms with Gasteiger partial charge in [0.15, 0.2) is 0 Å². The van der Waals surface area contributed by atoms with Gasteiger partial charge in [-0.15, -0.1) is 0 Å². The molecule has 0 saturated carbocycles. The van der Waals surface area contributed by atoms with Crippen molar-refractivity contribution in [3.05, 3.63) is 23.8 Å². The van der Waals surface area contributed by atoms with Gasteiger partial charge in [0.25, 0.3) is 5.91 Å². The summed E-state index contributed by atoms with van der Waals surface area (Å²) in [7, 11) is 0. The summed E-state index contributed by atoms with van der Waals surface area (Å²) in [6.45, 7) is 12.8. The molecule has 1 aromatic rings. The Bertz CT molecular complexity index is 534. The molecule has 0 unspecified atom stereocenters. The molecule has 0 saturated heterocycles. The van der Waals surface area contributed by atoms with Gasteiger partial charge in [0, 0.05) is 12.3 Å². The fourth-order valence-corrected chi connectivity index (χ4v) is 2.52. The van der Waals surface area contributed by atoms with Crippen LogP contribution in [0.5, 0.6) is 5.75 Å². The van der Waals surface area contributed by atoms with Gasteiger partial charge >= 0.3 is 0 Å². The minimum absolute atomic E-state index is 0.0793. The Hall–Kier alpha value is -1.55. The molecule has 142 valence electrons. The first kappa shape index (κ1) is 21.5. The van der Waals surface area contributed by atoms with Crippen molar-refractivity contribution in [2.45, 2.75) is 85.4 Å². The van der Waals surface area contributed by atoms with Crippen LogP contribution in [0.4, 0.5) is 5.69 Å². The summed E-state index contributed by atoms with van der Waals surface area (Å²) in [5.41, 5.74) is 1.01. The lowest BCUT2D eigenvalue weighted by Gasteiger charge is -2.28. The Morgan fingerprint density at radius 3 is 2.52 bits per heavy atom. The maximum absolute atomic E-state index is 12.8. The maximum Gasteiger partial charge on any atom is 0.256 e. The van der Waals surface area contributed by atoms with E-state index in [1.54, 1.807) is 0 Å². The van der Waals surface area contributed by atoms with Crippen molar-refractivity contribution in [3.63, 3.8) is 0 Å². The van der Waals surface area contributed by atoms with Crippen LogP contribution < -0.4 is 10.1 Å². The van der Waals surface area contributed by atoms with E-state index in [4.69, 9.17) is 9.47 Å². The van der Waals surface area contributed by atoms with Crippen LogP contribution in [0, 0.1) is 6.92 Å². The molecule has 0 radical (unpaired) electrons. The van der Waals surface area contributed by atoms with Crippen LogP contribution in [0.2, 0.25) is 0 Å². The third kappa shape index (κ3) is 6.69. The monoisotopic (exact) mass is 349 g/mol. The van der Waals surface area contributed by atoms with E-state index < -0.39 is 5.60 Å². The number of amides is 1. The fourth-order valence-electron chi connectivity index (χ4n) is 2.52. The number of unbranched alkanes of at least 4 members (excludes halogenated alkanes) is 1. The molecule has 0 heterocycles. The average molecular weight is 350 g/mol. The lowest BCUT2D eigenvalue weighted by Crippen LogP contribution is -2.43. The first-order valence-corrected chi connectivity index (χ1v) is 9.59. The minimum Gasteiger partial charge on any atom is -0.490 e. The molecule has 0 aliphatic carbocycles. The van der Waals surface area contributed by atoms with Gasteiger partial charge in [-0.2, -0.15) is 0 Å². The van der Waals surface area contributed by atoms with E-state index >= 15 is 0 Å². The van der Waals surface area contributed by atoms with E-state index in [1.807, 2.05) is 32.0 Å². The van der Waals surface area contributed by atoms with E-state index in [2.05, 4.69) is 33.0 Å². The molecule has 2 atom stereocenters. The Labute approximate surface area is 153 Å². The van der Waals surface area contributed by atoms with Crippen molar-refractivity contribution in [1.29, 1.82) is 0 Å². The predicted octanol–water partition coefficient (Wildman–Crippen LogP) is 5.49. The largest absolute Gasteiger partial charge is 0.490 e. The highest BCUT2D eigenvalue weighted by atomic mass is 16.5. The van der Waals surface area contributed by atoms with Gasteiger partial charge < -0.3 is 14.8 Å². The van der Waals surface area contributed by atoms with Gasteiger partial charge in [-0.1, -0.05) is 33.6 Å². The van der Waals surface area contributed by atoms with Crippen LogP contribution >= 0.6 is 0 Å². The van der Waals surface area contributed by atoms with E-state index in [9.17, 15) is 4.79 Å². The molecule has 1 rings (SSSR count). The first-order chi connectivity index (χ1) is 11.9. The van der Waals surface area contributed by atoms with E-state index in [0.29, 0.717) is 6.61 Å². The van der Waals surface area contributed by atoms with Crippen LogP contribution in [-0.2, 0) is 9.53 Å². The molecule has 1 N–H and O–H groups in total. The van der Waals surface area contributed by atoms with Gasteiger partial charge in [0.05, 0.1) is 6.10 Å². The molecular weight excluding hydrogens is 314 g/mol. The van der Waals surface area contributed by atoms with Crippen LogP contribution in [0.15, 0.2) is 18.2 Å². The summed E-state index contributed by atoms with van der Waals surface area (Å²) in [6.07, 6.45) is 4.77. The Balaban J connectivity index is 2.83. The molecule has 0 aromatic heterocycles. The number of nitrogens with one attached hydrogen (secondary N) is 1. The van der Waals surface area contributed by atoms with Crippen LogP contribution in [0.25, 0.3) is 0 Å². The molecule has 0 aliphatic rings. The number of benzene rings is 1. The Morgan fingerprint density at radius 2 is 1.96 bits per heavy atom. The molecule has 0 aliphatic heterocycles. The van der Waals surface area contributed by atoms with Crippen molar-refractivity contribution >= 4 is 11.6 Å². The van der Waals surface area contributed by atoms with E-state index in [1.165, 1.54) is 0 Å². The molecular formula is C21H35NO3. The number of hydrogen-bond acceptors (Lipinski definition) is 3. The SMILES string of the molecule is CCCC[C@@](C)(OCCC)C(=O)Nc1ccc(O[C@H](C)CC)c(C)c1. The van der Waals surface area contributed by atoms with Crippen LogP contribution in [0.1, 0.15) is 72.3 Å². The lowest BCUT2D eigenvalue weighted by atomic mass is 9.97. The Kier molecular flexibility index (Phi) is 8.98. The summed E-state index contributed by atoms with van der Waals surface area (Å²) in [5, 5.41) is 3.02. The summed E-state index contributed by atoms with van der Waals surface area (Å²) >= 11 is 0. The molecule has 0 fully saturated rings. The number of rotatable bonds is 11. The fraction of sp³-hybridized carbons (Fsp3) is 0.667. The van der Waals surface area contributed by atoms with Gasteiger partial charge in [-0.3, -0.25) is 4.79 Å². The highest BCUT2D eigenvalue weighted by Gasteiger charge is 2.33. The molecule has 1 amide bonds. The average Bonchev–Trinajstić information content (AvgIpc) is 2.60. The lowest BCUT2D eigenvalue weighted by molar-refractivity contribution is -0.140. The topological polar surface area (TPSA) is 47.6 Å². The molecule has 0 bridgehead atoms. The van der Waals surface area contributed by atoms with Crippen molar-refractivity contribution in [2.75, 3.05) is 11.9 Å². The number of carbonyl (C=O) groups excluding carboxylic acids is 1. The second kappa shape index (κ2) is 10.4. The number of aryl methyl sites for hydroxylation is 1. The van der Waals surface area contributed by atoms with Crippen molar-refractivity contribution in [1.82, 2.24) is 0 Å². The zero-order chi connectivity index (χ0) is 18.9. The van der Waals surface area contributed by atoms with Gasteiger partial charge in [0.2, 0.25) is 0 Å². The predicted molar refractivity (Wildman–Crippen MR) is 104 cm³/mol. The highest BCUT2D eigenvalue weighted by molar-refractivity contribution is 5.97. The van der Waals surface area contributed by atoms with Crippen molar-refractivity contribution in [2.24, 2.45) is 0 Å². The van der Waals surface area contributed by atoms with Crippen LogP contribution in [0.3, 0.4) is 0 Å². The number of anilines is 1. The third-order valence-corrected chi connectivity index (χ3v) is 4.45. The maximum atomic E-state index is 12.8. The number of hydrogen-bond donors (Lipinski definition) is 1. The Morgan fingerprint density at radius 1 is 1.24 bits per heavy atom. The zero-order valence-electron chi connectivity index (χ0n) is 16.8. The van der Waals surface area contributed by atoms with Gasteiger partial charge in [0.1, 0.15) is 11.4 Å². The summed E-state index contributed by atoms with van der Waals surface area (Å²) in [6, 6.07) is 5.77. The number of ether oxygens (including phenoxy) is 2. The summed E-state index contributed by atoms with van der Waals surface area (Å²) < 4.78 is 11.8. The highest BCUT2D eigenvalue weighted by Crippen LogP contribution is 2.26. The summed E-state index contributed by atoms with van der Waals surface area (Å²) in [4.78, 5) is 12.8. The molecule has 4 nitrogen and oxygen atoms in total. The second-order valence-corrected chi connectivity index (χ2v) is 6.95.